The van der Waals surface area contributed by atoms with E-state index in [2.05, 4.69) is 50.2 Å². The number of nitrogens with one attached hydrogen (secondary N) is 1. The monoisotopic (exact) mass is 232 g/mol. The van der Waals surface area contributed by atoms with Crippen molar-refractivity contribution in [2.45, 2.75) is 39.8 Å². The van der Waals surface area contributed by atoms with Gasteiger partial charge in [-0.1, -0.05) is 17.7 Å². The Morgan fingerprint density at radius 2 is 1.88 bits per heavy atom. The molecule has 1 atom stereocenters. The fourth-order valence-electron chi connectivity index (χ4n) is 2.89. The lowest BCUT2D eigenvalue weighted by Gasteiger charge is -2.19. The average molecular weight is 232 g/mol. The van der Waals surface area contributed by atoms with Crippen LogP contribution in [0.15, 0.2) is 12.1 Å². The summed E-state index contributed by atoms with van der Waals surface area (Å²) in [6.45, 7) is 10.2. The third-order valence-corrected chi connectivity index (χ3v) is 3.90. The Morgan fingerprint density at radius 3 is 2.41 bits per heavy atom. The summed E-state index contributed by atoms with van der Waals surface area (Å²) in [6, 6.07) is 5.28. The SMILES string of the molecule is CNC1CCN(Cc2c(C)cc(C)cc2C)C1. The van der Waals surface area contributed by atoms with Crippen LogP contribution in [0, 0.1) is 20.8 Å². The zero-order valence-corrected chi connectivity index (χ0v) is 11.5. The lowest BCUT2D eigenvalue weighted by atomic mass is 9.99. The fraction of sp³-hybridized carbons (Fsp3) is 0.600. The predicted octanol–water partition coefficient (Wildman–Crippen LogP) is 2.41. The van der Waals surface area contributed by atoms with Gasteiger partial charge in [0.15, 0.2) is 0 Å². The highest BCUT2D eigenvalue weighted by Gasteiger charge is 2.21. The van der Waals surface area contributed by atoms with E-state index in [-0.39, 0.29) is 0 Å². The second-order valence-electron chi connectivity index (χ2n) is 5.39. The quantitative estimate of drug-likeness (QED) is 0.861. The van der Waals surface area contributed by atoms with Gasteiger partial charge in [0.25, 0.3) is 0 Å². The van der Waals surface area contributed by atoms with E-state index in [1.165, 1.54) is 41.8 Å². The van der Waals surface area contributed by atoms with Crippen LogP contribution < -0.4 is 5.32 Å². The molecular formula is C15H24N2. The van der Waals surface area contributed by atoms with E-state index in [0.29, 0.717) is 6.04 Å². The highest BCUT2D eigenvalue weighted by molar-refractivity contribution is 5.37. The molecule has 1 fully saturated rings. The fourth-order valence-corrected chi connectivity index (χ4v) is 2.89. The molecule has 2 nitrogen and oxygen atoms in total. The zero-order chi connectivity index (χ0) is 12.4. The van der Waals surface area contributed by atoms with E-state index >= 15 is 0 Å². The summed E-state index contributed by atoms with van der Waals surface area (Å²) < 4.78 is 0. The Hall–Kier alpha value is -0.860. The minimum Gasteiger partial charge on any atom is -0.316 e. The van der Waals surface area contributed by atoms with Gasteiger partial charge in [0.1, 0.15) is 0 Å². The van der Waals surface area contributed by atoms with Crippen molar-refractivity contribution in [2.24, 2.45) is 0 Å². The summed E-state index contributed by atoms with van der Waals surface area (Å²) in [5.74, 6) is 0. The highest BCUT2D eigenvalue weighted by Crippen LogP contribution is 2.20. The largest absolute Gasteiger partial charge is 0.316 e. The van der Waals surface area contributed by atoms with Crippen LogP contribution in [0.1, 0.15) is 28.7 Å². The molecule has 1 N–H and O–H groups in total. The minimum atomic E-state index is 0.682. The van der Waals surface area contributed by atoms with Crippen molar-refractivity contribution < 1.29 is 0 Å². The molecule has 2 rings (SSSR count). The first kappa shape index (κ1) is 12.6. The Balaban J connectivity index is 2.09. The molecule has 0 radical (unpaired) electrons. The molecule has 1 aliphatic rings. The zero-order valence-electron chi connectivity index (χ0n) is 11.5. The maximum Gasteiger partial charge on any atom is 0.0239 e. The maximum absolute atomic E-state index is 3.38. The number of likely N-dealkylation sites (N-methyl/N-ethyl adjacent to an activating group) is 1. The van der Waals surface area contributed by atoms with Gasteiger partial charge in [-0.2, -0.15) is 0 Å². The number of rotatable bonds is 3. The van der Waals surface area contributed by atoms with Gasteiger partial charge < -0.3 is 5.32 Å². The van der Waals surface area contributed by atoms with Gasteiger partial charge in [-0.05, 0) is 50.9 Å². The Morgan fingerprint density at radius 1 is 1.24 bits per heavy atom. The first-order chi connectivity index (χ1) is 8.10. The molecule has 0 spiro atoms. The minimum absolute atomic E-state index is 0.682. The molecule has 1 aromatic rings. The van der Waals surface area contributed by atoms with E-state index in [4.69, 9.17) is 0 Å². The molecule has 2 heteroatoms. The van der Waals surface area contributed by atoms with E-state index in [1.807, 2.05) is 0 Å². The van der Waals surface area contributed by atoms with Crippen LogP contribution in [0.25, 0.3) is 0 Å². The van der Waals surface area contributed by atoms with Crippen molar-refractivity contribution in [3.63, 3.8) is 0 Å². The normalized spacial score (nSPS) is 21.1. The van der Waals surface area contributed by atoms with Crippen molar-refractivity contribution in [1.82, 2.24) is 10.2 Å². The summed E-state index contributed by atoms with van der Waals surface area (Å²) >= 11 is 0. The molecule has 0 aromatic heterocycles. The van der Waals surface area contributed by atoms with Gasteiger partial charge in [0, 0.05) is 25.7 Å². The van der Waals surface area contributed by atoms with E-state index in [0.717, 1.165) is 6.54 Å². The number of benzene rings is 1. The summed E-state index contributed by atoms with van der Waals surface area (Å²) in [7, 11) is 2.07. The molecule has 1 saturated heterocycles. The smallest absolute Gasteiger partial charge is 0.0239 e. The lowest BCUT2D eigenvalue weighted by molar-refractivity contribution is 0.321. The summed E-state index contributed by atoms with van der Waals surface area (Å²) in [5.41, 5.74) is 5.77. The molecule has 1 aromatic carbocycles. The van der Waals surface area contributed by atoms with Crippen LogP contribution in [0.2, 0.25) is 0 Å². The molecular weight excluding hydrogens is 208 g/mol. The van der Waals surface area contributed by atoms with Gasteiger partial charge in [-0.3, -0.25) is 4.90 Å². The number of hydrogen-bond acceptors (Lipinski definition) is 2. The molecule has 1 aliphatic heterocycles. The molecule has 0 aliphatic carbocycles. The molecule has 1 unspecified atom stereocenters. The molecule has 17 heavy (non-hydrogen) atoms. The van der Waals surface area contributed by atoms with Crippen LogP contribution in [0.4, 0.5) is 0 Å². The molecule has 1 heterocycles. The third kappa shape index (κ3) is 2.88. The summed E-state index contributed by atoms with van der Waals surface area (Å²) in [4.78, 5) is 2.56. The van der Waals surface area contributed by atoms with Crippen molar-refractivity contribution in [3.8, 4) is 0 Å². The third-order valence-electron chi connectivity index (χ3n) is 3.90. The van der Waals surface area contributed by atoms with Crippen molar-refractivity contribution >= 4 is 0 Å². The van der Waals surface area contributed by atoms with E-state index in [1.54, 1.807) is 0 Å². The van der Waals surface area contributed by atoms with Crippen LogP contribution in [-0.4, -0.2) is 31.1 Å². The maximum atomic E-state index is 3.38. The van der Waals surface area contributed by atoms with Crippen LogP contribution in [0.3, 0.4) is 0 Å². The van der Waals surface area contributed by atoms with Crippen molar-refractivity contribution in [1.29, 1.82) is 0 Å². The number of hydrogen-bond donors (Lipinski definition) is 1. The standard InChI is InChI=1S/C15H24N2/c1-11-7-12(2)15(13(3)8-11)10-17-6-5-14(9-17)16-4/h7-8,14,16H,5-6,9-10H2,1-4H3. The molecule has 94 valence electrons. The lowest BCUT2D eigenvalue weighted by Crippen LogP contribution is -2.29. The molecule has 0 amide bonds. The molecule has 0 saturated carbocycles. The topological polar surface area (TPSA) is 15.3 Å². The van der Waals surface area contributed by atoms with Gasteiger partial charge >= 0.3 is 0 Å². The second-order valence-corrected chi connectivity index (χ2v) is 5.39. The van der Waals surface area contributed by atoms with Gasteiger partial charge in [-0.25, -0.2) is 0 Å². The van der Waals surface area contributed by atoms with Gasteiger partial charge in [0.05, 0.1) is 0 Å². The first-order valence-electron chi connectivity index (χ1n) is 6.56. The van der Waals surface area contributed by atoms with Crippen LogP contribution in [0.5, 0.6) is 0 Å². The summed E-state index contributed by atoms with van der Waals surface area (Å²) in [6.07, 6.45) is 1.28. The summed E-state index contributed by atoms with van der Waals surface area (Å²) in [5, 5.41) is 3.38. The van der Waals surface area contributed by atoms with Crippen LogP contribution >= 0.6 is 0 Å². The van der Waals surface area contributed by atoms with Crippen molar-refractivity contribution in [2.75, 3.05) is 20.1 Å². The number of aryl methyl sites for hydroxylation is 3. The Labute approximate surface area is 105 Å². The van der Waals surface area contributed by atoms with Crippen LogP contribution in [-0.2, 0) is 6.54 Å². The van der Waals surface area contributed by atoms with Gasteiger partial charge in [-0.15, -0.1) is 0 Å². The number of nitrogens with zero attached hydrogens (tertiary/aromatic N) is 1. The Kier molecular flexibility index (Phi) is 3.85. The first-order valence-corrected chi connectivity index (χ1v) is 6.56. The van der Waals surface area contributed by atoms with Gasteiger partial charge in [0.2, 0.25) is 0 Å². The second kappa shape index (κ2) is 5.19. The highest BCUT2D eigenvalue weighted by atomic mass is 15.2. The molecule has 0 bridgehead atoms. The van der Waals surface area contributed by atoms with Crippen molar-refractivity contribution in [3.05, 3.63) is 34.4 Å². The van der Waals surface area contributed by atoms with E-state index < -0.39 is 0 Å². The Bertz CT molecular complexity index is 375. The van der Waals surface area contributed by atoms with E-state index in [9.17, 15) is 0 Å². The average Bonchev–Trinajstić information content (AvgIpc) is 2.71. The number of likely N-dealkylation sites (tertiary alicyclic amines) is 1. The predicted molar refractivity (Wildman–Crippen MR) is 73.4 cm³/mol.